The molecule has 0 bridgehead atoms. The summed E-state index contributed by atoms with van der Waals surface area (Å²) >= 11 is 0. The fourth-order valence-corrected chi connectivity index (χ4v) is 0. The minimum absolute atomic E-state index is 0.167. The third-order valence-corrected chi connectivity index (χ3v) is 0.211. The molecular weight excluding hydrogens is 186 g/mol. The molecule has 0 aromatic rings. The van der Waals surface area contributed by atoms with Gasteiger partial charge in [-0.15, -0.1) is 0 Å². The highest BCUT2D eigenvalue weighted by Gasteiger charge is 1.68. The average molecular weight is 209 g/mol. The largest absolute Gasteiger partial charge is 0.400 e. The maximum absolute atomic E-state index is 9.44. The average Bonchev–Trinajstić information content (AvgIpc) is 2.08. The molecule has 0 saturated heterocycles. The van der Waals surface area contributed by atoms with Gasteiger partial charge in [-0.05, 0) is 20.8 Å². The lowest BCUT2D eigenvalue weighted by atomic mass is 10.6. The number of Topliss-reactive ketones (excluding diaryl/α,β-unsaturated/α-hetero) is 1. The van der Waals surface area contributed by atoms with E-state index in [9.17, 15) is 9.59 Å². The van der Waals surface area contributed by atoms with E-state index >= 15 is 0 Å². The molecule has 0 radical (unpaired) electrons. The number of carbonyl (C=O) groups excluding carboxylic acids is 2. The Morgan fingerprint density at radius 2 is 1.36 bits per heavy atom. The maximum Gasteiger partial charge on any atom is 0.209 e. The number of hydrogen-bond acceptors (Lipinski definition) is 4. The molecule has 1 amide bonds. The Labute approximate surface area is 86.3 Å². The zero-order chi connectivity index (χ0) is 12.6. The van der Waals surface area contributed by atoms with Crippen LogP contribution in [0, 0.1) is 0 Å². The van der Waals surface area contributed by atoms with Crippen molar-refractivity contribution in [1.82, 2.24) is 4.90 Å². The van der Waals surface area contributed by atoms with E-state index in [1.165, 1.54) is 18.7 Å². The van der Waals surface area contributed by atoms with Crippen molar-refractivity contribution in [3.8, 4) is 0 Å². The van der Waals surface area contributed by atoms with Crippen molar-refractivity contribution in [2.24, 2.45) is 0 Å². The Morgan fingerprint density at radius 3 is 1.36 bits per heavy atom. The molecule has 14 heavy (non-hydrogen) atoms. The second-order valence-corrected chi connectivity index (χ2v) is 2.29. The maximum atomic E-state index is 9.44. The summed E-state index contributed by atoms with van der Waals surface area (Å²) in [4.78, 5) is 20.3. The molecule has 0 unspecified atom stereocenters. The molecule has 0 rings (SSSR count). The first-order chi connectivity index (χ1) is 6.42. The summed E-state index contributed by atoms with van der Waals surface area (Å²) in [5.74, 6) is 0.167. The predicted octanol–water partition coefficient (Wildman–Crippen LogP) is -0.0932. The molecule has 0 atom stereocenters. The third kappa shape index (κ3) is 996. The second-order valence-electron chi connectivity index (χ2n) is 2.29. The quantitative estimate of drug-likeness (QED) is 0.591. The molecule has 0 heterocycles. The zero-order valence-electron chi connectivity index (χ0n) is 9.94. The van der Waals surface area contributed by atoms with Gasteiger partial charge in [0.05, 0.1) is 0 Å². The summed E-state index contributed by atoms with van der Waals surface area (Å²) in [5, 5.41) is 14.6. The van der Waals surface area contributed by atoms with Gasteiger partial charge in [0.1, 0.15) is 5.78 Å². The molecule has 0 aliphatic rings. The molecule has 0 spiro atoms. The summed E-state index contributed by atoms with van der Waals surface area (Å²) in [6.07, 6.45) is 0.750. The second kappa shape index (κ2) is 29.6. The number of aliphatic hydroxyl groups is 2. The van der Waals surface area contributed by atoms with E-state index in [-0.39, 0.29) is 12.4 Å². The highest BCUT2D eigenvalue weighted by atomic mass is 16.2. The summed E-state index contributed by atoms with van der Waals surface area (Å²) in [6, 6.07) is 0. The predicted molar refractivity (Wildman–Crippen MR) is 57.0 cm³/mol. The van der Waals surface area contributed by atoms with Gasteiger partial charge in [-0.25, -0.2) is 0 Å². The van der Waals surface area contributed by atoms with Crippen molar-refractivity contribution in [3.05, 3.63) is 0 Å². The topological polar surface area (TPSA) is 77.8 Å². The SMILES string of the molecule is CC(C)=O.CCO.CN(C)C=O.CO. The standard InChI is InChI=1S/C3H7NO.C3H6O.C2H6O.CH4O/c1-4(2)3-5;1-3(2)4;1-2-3;1-2/h3H,1-2H3;1-2H3;3H,2H2,1H3;2H,1H3. The van der Waals surface area contributed by atoms with E-state index in [0.29, 0.717) is 0 Å². The molecule has 2 N–H and O–H groups in total. The summed E-state index contributed by atoms with van der Waals surface area (Å²) in [6.45, 7) is 4.99. The third-order valence-electron chi connectivity index (χ3n) is 0.211. The fourth-order valence-electron chi connectivity index (χ4n) is 0. The monoisotopic (exact) mass is 209 g/mol. The Bertz CT molecular complexity index is 101. The van der Waals surface area contributed by atoms with Crippen molar-refractivity contribution in [2.45, 2.75) is 20.8 Å². The zero-order valence-corrected chi connectivity index (χ0v) is 9.94. The van der Waals surface area contributed by atoms with E-state index in [4.69, 9.17) is 10.2 Å². The van der Waals surface area contributed by atoms with Crippen LogP contribution >= 0.6 is 0 Å². The van der Waals surface area contributed by atoms with E-state index in [1.54, 1.807) is 21.0 Å². The smallest absolute Gasteiger partial charge is 0.209 e. The van der Waals surface area contributed by atoms with Crippen molar-refractivity contribution >= 4 is 12.2 Å². The van der Waals surface area contributed by atoms with E-state index in [0.717, 1.165) is 13.5 Å². The number of ketones is 1. The van der Waals surface area contributed by atoms with Crippen LogP contribution in [0.2, 0.25) is 0 Å². The number of rotatable bonds is 1. The molecule has 0 aliphatic heterocycles. The lowest BCUT2D eigenvalue weighted by Gasteiger charge is -1.93. The molecule has 5 heteroatoms. The Hall–Kier alpha value is -0.940. The van der Waals surface area contributed by atoms with Crippen LogP contribution in [0.5, 0.6) is 0 Å². The Kier molecular flexibility index (Phi) is 48.9. The van der Waals surface area contributed by atoms with Gasteiger partial charge >= 0.3 is 0 Å². The minimum atomic E-state index is 0.167. The van der Waals surface area contributed by atoms with Gasteiger partial charge in [0, 0.05) is 27.8 Å². The first-order valence-electron chi connectivity index (χ1n) is 4.06. The number of aliphatic hydroxyl groups excluding tert-OH is 2. The van der Waals surface area contributed by atoms with Crippen LogP contribution in [0.4, 0.5) is 0 Å². The minimum Gasteiger partial charge on any atom is -0.400 e. The van der Waals surface area contributed by atoms with Crippen molar-refractivity contribution in [3.63, 3.8) is 0 Å². The van der Waals surface area contributed by atoms with E-state index < -0.39 is 0 Å². The van der Waals surface area contributed by atoms with E-state index in [2.05, 4.69) is 0 Å². The van der Waals surface area contributed by atoms with Crippen molar-refractivity contribution in [1.29, 1.82) is 0 Å². The van der Waals surface area contributed by atoms with Crippen LogP contribution < -0.4 is 0 Å². The van der Waals surface area contributed by atoms with Gasteiger partial charge < -0.3 is 19.9 Å². The number of amides is 1. The van der Waals surface area contributed by atoms with Crippen LogP contribution in [0.1, 0.15) is 20.8 Å². The summed E-state index contributed by atoms with van der Waals surface area (Å²) in [5.41, 5.74) is 0. The van der Waals surface area contributed by atoms with Crippen LogP contribution in [0.15, 0.2) is 0 Å². The van der Waals surface area contributed by atoms with Crippen LogP contribution in [0.25, 0.3) is 0 Å². The number of nitrogens with zero attached hydrogens (tertiary/aromatic N) is 1. The van der Waals surface area contributed by atoms with Crippen molar-refractivity contribution in [2.75, 3.05) is 27.8 Å². The fraction of sp³-hybridized carbons (Fsp3) is 0.778. The molecule has 0 aromatic carbocycles. The van der Waals surface area contributed by atoms with Crippen LogP contribution in [-0.4, -0.2) is 55.1 Å². The Balaban J connectivity index is -0.0000000505. The van der Waals surface area contributed by atoms with E-state index in [1.807, 2.05) is 0 Å². The van der Waals surface area contributed by atoms with Gasteiger partial charge in [-0.3, -0.25) is 4.79 Å². The number of hydrogen-bond donors (Lipinski definition) is 2. The van der Waals surface area contributed by atoms with Gasteiger partial charge in [-0.1, -0.05) is 0 Å². The molecule has 5 nitrogen and oxygen atoms in total. The first kappa shape index (κ1) is 23.1. The lowest BCUT2D eigenvalue weighted by molar-refractivity contribution is -0.116. The molecular formula is C9H23NO4. The van der Waals surface area contributed by atoms with Gasteiger partial charge in [0.2, 0.25) is 6.41 Å². The van der Waals surface area contributed by atoms with Crippen molar-refractivity contribution < 1.29 is 19.8 Å². The van der Waals surface area contributed by atoms with Crippen LogP contribution in [-0.2, 0) is 9.59 Å². The first-order valence-corrected chi connectivity index (χ1v) is 4.06. The summed E-state index contributed by atoms with van der Waals surface area (Å²) in [7, 11) is 4.38. The van der Waals surface area contributed by atoms with Gasteiger partial charge in [0.25, 0.3) is 0 Å². The van der Waals surface area contributed by atoms with Gasteiger partial charge in [-0.2, -0.15) is 0 Å². The van der Waals surface area contributed by atoms with Gasteiger partial charge in [0.15, 0.2) is 0 Å². The number of carbonyl (C=O) groups is 2. The molecule has 0 aromatic heterocycles. The lowest BCUT2D eigenvalue weighted by Crippen LogP contribution is -2.06. The highest BCUT2D eigenvalue weighted by Crippen LogP contribution is 1.52. The molecule has 0 aliphatic carbocycles. The summed E-state index contributed by atoms with van der Waals surface area (Å²) < 4.78 is 0. The normalized spacial score (nSPS) is 6.00. The van der Waals surface area contributed by atoms with Crippen LogP contribution in [0.3, 0.4) is 0 Å². The Morgan fingerprint density at radius 1 is 1.29 bits per heavy atom. The highest BCUT2D eigenvalue weighted by molar-refractivity contribution is 5.72. The molecule has 0 fully saturated rings. The molecule has 88 valence electrons. The molecule has 0 saturated carbocycles.